The van der Waals surface area contributed by atoms with E-state index in [1.807, 2.05) is 0 Å². The molecule has 6 heteroatoms. The van der Waals surface area contributed by atoms with Crippen molar-refractivity contribution in [2.24, 2.45) is 0 Å². The van der Waals surface area contributed by atoms with Gasteiger partial charge in [0.15, 0.2) is 17.3 Å². The van der Waals surface area contributed by atoms with Gasteiger partial charge in [0, 0.05) is 12.1 Å². The van der Waals surface area contributed by atoms with Crippen molar-refractivity contribution in [2.75, 3.05) is 7.04 Å². The molecule has 1 unspecified atom stereocenters. The van der Waals surface area contributed by atoms with Crippen LogP contribution in [0.25, 0.3) is 0 Å². The van der Waals surface area contributed by atoms with Gasteiger partial charge >= 0.3 is 0 Å². The van der Waals surface area contributed by atoms with Crippen LogP contribution in [0.2, 0.25) is 0 Å². The number of phenolic OH excluding ortho intramolecular Hbond substituents is 3. The highest BCUT2D eigenvalue weighted by molar-refractivity contribution is 6.02. The Hall–Kier alpha value is -2.89. The number of Topliss-reactive ketones (excluding diaryl/α,β-unsaturated/α-hetero) is 1. The van der Waals surface area contributed by atoms with E-state index in [1.54, 1.807) is 0 Å². The molecule has 0 saturated carbocycles. The van der Waals surface area contributed by atoms with Gasteiger partial charge in [0.2, 0.25) is 0 Å². The average Bonchev–Trinajstić information content (AvgIpc) is 2.46. The first kappa shape index (κ1) is 10.8. The first-order chi connectivity index (χ1) is 11.6. The predicted molar refractivity (Wildman–Crippen MR) is 76.7 cm³/mol. The molecular formula is C16H14O6. The molecular weight excluding hydrogens is 289 g/mol. The minimum atomic E-state index is -2.70. The van der Waals surface area contributed by atoms with Gasteiger partial charge in [-0.25, -0.2) is 0 Å². The Labute approximate surface area is 130 Å². The van der Waals surface area contributed by atoms with E-state index in [-0.39, 0.29) is 40.8 Å². The van der Waals surface area contributed by atoms with Crippen LogP contribution >= 0.6 is 0 Å². The fourth-order valence-corrected chi connectivity index (χ4v) is 2.43. The number of phenols is 3. The van der Waals surface area contributed by atoms with Crippen LogP contribution in [-0.4, -0.2) is 28.1 Å². The summed E-state index contributed by atoms with van der Waals surface area (Å²) in [5.41, 5.74) is 0.401. The van der Waals surface area contributed by atoms with Crippen LogP contribution in [0.15, 0.2) is 30.3 Å². The van der Waals surface area contributed by atoms with Crippen molar-refractivity contribution in [1.29, 1.82) is 0 Å². The number of hydrogen-bond donors (Lipinski definition) is 3. The van der Waals surface area contributed by atoms with Gasteiger partial charge < -0.3 is 24.8 Å². The summed E-state index contributed by atoms with van der Waals surface area (Å²) in [5, 5.41) is 29.3. The first-order valence-corrected chi connectivity index (χ1v) is 6.42. The van der Waals surface area contributed by atoms with Crippen molar-refractivity contribution in [3.8, 4) is 28.7 Å². The number of benzene rings is 2. The van der Waals surface area contributed by atoms with Gasteiger partial charge in [-0.15, -0.1) is 0 Å². The second-order valence-electron chi connectivity index (χ2n) is 4.90. The maximum Gasteiger partial charge on any atom is 0.174 e. The van der Waals surface area contributed by atoms with E-state index in [4.69, 9.17) is 8.85 Å². The normalized spacial score (nSPS) is 19.4. The van der Waals surface area contributed by atoms with Gasteiger partial charge in [0.1, 0.15) is 28.9 Å². The summed E-state index contributed by atoms with van der Waals surface area (Å²) in [7, 11) is -2.70. The van der Waals surface area contributed by atoms with E-state index in [2.05, 4.69) is 4.74 Å². The molecule has 0 saturated heterocycles. The molecule has 0 aromatic heterocycles. The summed E-state index contributed by atoms with van der Waals surface area (Å²) < 4.78 is 31.4. The summed E-state index contributed by atoms with van der Waals surface area (Å²) in [6.07, 6.45) is -0.863. The average molecular weight is 306 g/mol. The summed E-state index contributed by atoms with van der Waals surface area (Å²) in [4.78, 5) is 12.3. The van der Waals surface area contributed by atoms with Gasteiger partial charge in [-0.2, -0.15) is 0 Å². The molecule has 0 amide bonds. The minimum Gasteiger partial charge on any atom is -0.508 e. The van der Waals surface area contributed by atoms with E-state index in [1.165, 1.54) is 24.3 Å². The zero-order chi connectivity index (χ0) is 18.4. The van der Waals surface area contributed by atoms with Gasteiger partial charge in [-0.3, -0.25) is 4.79 Å². The number of methoxy groups -OCH3 is 1. The Morgan fingerprint density at radius 3 is 2.77 bits per heavy atom. The van der Waals surface area contributed by atoms with Crippen molar-refractivity contribution in [1.82, 2.24) is 0 Å². The van der Waals surface area contributed by atoms with Crippen molar-refractivity contribution in [3.63, 3.8) is 0 Å². The zero-order valence-electron chi connectivity index (χ0n) is 14.2. The van der Waals surface area contributed by atoms with Crippen LogP contribution in [0.3, 0.4) is 0 Å². The fourth-order valence-electron chi connectivity index (χ4n) is 2.43. The molecule has 3 rings (SSSR count). The van der Waals surface area contributed by atoms with Gasteiger partial charge in [0.25, 0.3) is 0 Å². The second-order valence-corrected chi connectivity index (χ2v) is 4.90. The molecule has 0 radical (unpaired) electrons. The third kappa shape index (κ3) is 2.28. The van der Waals surface area contributed by atoms with Gasteiger partial charge in [-0.1, -0.05) is 6.07 Å². The van der Waals surface area contributed by atoms with E-state index >= 15 is 0 Å². The molecule has 0 aliphatic carbocycles. The number of carbonyl (C=O) groups excluding carboxylic acids is 1. The van der Waals surface area contributed by atoms with Gasteiger partial charge in [-0.05, 0) is 17.7 Å². The highest BCUT2D eigenvalue weighted by Crippen LogP contribution is 2.42. The Bertz CT molecular complexity index is 846. The number of rotatable bonds is 2. The highest BCUT2D eigenvalue weighted by Gasteiger charge is 2.31. The molecule has 0 bridgehead atoms. The molecule has 1 aliphatic rings. The van der Waals surface area contributed by atoms with E-state index in [0.29, 0.717) is 5.56 Å². The minimum absolute atomic E-state index is 0.0133. The van der Waals surface area contributed by atoms with Crippen LogP contribution in [0.4, 0.5) is 0 Å². The molecule has 1 atom stereocenters. The van der Waals surface area contributed by atoms with Crippen molar-refractivity contribution >= 4 is 5.78 Å². The number of hydrogen-bond acceptors (Lipinski definition) is 6. The van der Waals surface area contributed by atoms with Crippen molar-refractivity contribution in [3.05, 3.63) is 41.5 Å². The summed E-state index contributed by atoms with van der Waals surface area (Å²) >= 11 is 0. The van der Waals surface area contributed by atoms with Crippen molar-refractivity contribution in [2.45, 2.75) is 12.5 Å². The van der Waals surface area contributed by atoms with Crippen LogP contribution in [0, 0.1) is 0 Å². The lowest BCUT2D eigenvalue weighted by atomic mass is 9.95. The topological polar surface area (TPSA) is 96.2 Å². The lowest BCUT2D eigenvalue weighted by Crippen LogP contribution is -2.20. The number of carbonyl (C=O) groups is 1. The number of ether oxygens (including phenoxy) is 2. The monoisotopic (exact) mass is 306 g/mol. The summed E-state index contributed by atoms with van der Waals surface area (Å²) in [6.45, 7) is 0. The molecule has 3 N–H and O–H groups in total. The molecule has 1 heterocycles. The van der Waals surface area contributed by atoms with E-state index in [9.17, 15) is 20.1 Å². The number of aromatic hydroxyl groups is 3. The quantitative estimate of drug-likeness (QED) is 0.738. The molecule has 22 heavy (non-hydrogen) atoms. The molecule has 114 valence electrons. The number of ketones is 1. The SMILES string of the molecule is [2H][13C]([2H])([2H])Oc1ccc(C2CC(=O)c3c(O)cc(O)cc3O2)cc1O. The van der Waals surface area contributed by atoms with Crippen LogP contribution in [0.1, 0.15) is 32.6 Å². The molecule has 2 aromatic rings. The standard InChI is InChI=1S/C16H14O6/c1-21-13-3-2-8(4-10(13)18)14-7-12(20)16-11(19)5-9(17)6-15(16)22-14/h2-6,14,17-19H,7H2,1H3/i1+1D3. The molecule has 6 nitrogen and oxygen atoms in total. The number of fused-ring (bicyclic) bond motifs is 1. The Morgan fingerprint density at radius 2 is 2.05 bits per heavy atom. The van der Waals surface area contributed by atoms with Crippen molar-refractivity contribution < 1.29 is 33.7 Å². The fraction of sp³-hybridized carbons (Fsp3) is 0.188. The largest absolute Gasteiger partial charge is 0.508 e. The maximum atomic E-state index is 12.3. The highest BCUT2D eigenvalue weighted by atomic mass is 16.5. The molecule has 0 fully saturated rings. The Balaban J connectivity index is 1.91. The predicted octanol–water partition coefficient (Wildman–Crippen LogP) is 2.52. The lowest BCUT2D eigenvalue weighted by Gasteiger charge is -2.26. The Morgan fingerprint density at radius 1 is 1.23 bits per heavy atom. The van der Waals surface area contributed by atoms with E-state index in [0.717, 1.165) is 6.07 Å². The van der Waals surface area contributed by atoms with Crippen LogP contribution in [-0.2, 0) is 0 Å². The zero-order valence-corrected chi connectivity index (χ0v) is 11.2. The Kier molecular flexibility index (Phi) is 2.52. The molecule has 1 aliphatic heterocycles. The summed E-state index contributed by atoms with van der Waals surface area (Å²) in [5.74, 6) is -1.61. The van der Waals surface area contributed by atoms with Gasteiger partial charge in [0.05, 0.1) is 17.6 Å². The third-order valence-corrected chi connectivity index (χ3v) is 3.45. The molecule has 0 spiro atoms. The lowest BCUT2D eigenvalue weighted by molar-refractivity contribution is 0.0844. The third-order valence-electron chi connectivity index (χ3n) is 3.45. The van der Waals surface area contributed by atoms with Crippen LogP contribution < -0.4 is 9.47 Å². The first-order valence-electron chi connectivity index (χ1n) is 7.92. The second kappa shape index (κ2) is 5.14. The smallest absolute Gasteiger partial charge is 0.174 e. The van der Waals surface area contributed by atoms with E-state index < -0.39 is 18.9 Å². The van der Waals surface area contributed by atoms with Crippen LogP contribution in [0.5, 0.6) is 28.7 Å². The summed E-state index contributed by atoms with van der Waals surface area (Å²) in [6, 6.07) is 6.23. The maximum absolute atomic E-state index is 12.3. The molecule has 2 aromatic carbocycles.